The van der Waals surface area contributed by atoms with Gasteiger partial charge in [-0.25, -0.2) is 0 Å². The van der Waals surface area contributed by atoms with Crippen molar-refractivity contribution in [3.8, 4) is 17.6 Å². The molecule has 3 heteroatoms. The van der Waals surface area contributed by atoms with Gasteiger partial charge in [-0.15, -0.1) is 0 Å². The molecule has 106 valence electrons. The van der Waals surface area contributed by atoms with Crippen molar-refractivity contribution in [2.24, 2.45) is 11.8 Å². The number of hydrogen-bond donors (Lipinski definition) is 0. The first-order valence-corrected chi connectivity index (χ1v) is 7.65. The van der Waals surface area contributed by atoms with E-state index in [1.807, 2.05) is 12.1 Å². The number of nitriles is 1. The minimum Gasteiger partial charge on any atom is -0.454 e. The first-order valence-electron chi connectivity index (χ1n) is 7.65. The molecular formula is C17H21NO2. The fraction of sp³-hybridized carbons (Fsp3) is 0.588. The van der Waals surface area contributed by atoms with Gasteiger partial charge in [-0.3, -0.25) is 0 Å². The molecule has 2 aliphatic rings. The van der Waals surface area contributed by atoms with Crippen LogP contribution in [0.25, 0.3) is 0 Å². The van der Waals surface area contributed by atoms with Gasteiger partial charge in [0.25, 0.3) is 0 Å². The third-order valence-corrected chi connectivity index (χ3v) is 4.53. The van der Waals surface area contributed by atoms with E-state index in [4.69, 9.17) is 9.47 Å². The van der Waals surface area contributed by atoms with Gasteiger partial charge < -0.3 is 9.47 Å². The minimum absolute atomic E-state index is 0.133. The first kappa shape index (κ1) is 13.3. The number of fused-ring (bicyclic) bond motifs is 1. The first-order chi connectivity index (χ1) is 9.86. The summed E-state index contributed by atoms with van der Waals surface area (Å²) in [5, 5.41) is 9.52. The quantitative estimate of drug-likeness (QED) is 0.778. The van der Waals surface area contributed by atoms with Gasteiger partial charge in [0, 0.05) is 0 Å². The number of ether oxygens (including phenoxy) is 2. The van der Waals surface area contributed by atoms with Crippen LogP contribution >= 0.6 is 0 Å². The lowest BCUT2D eigenvalue weighted by molar-refractivity contribution is 0.174. The molecule has 1 fully saturated rings. The Morgan fingerprint density at radius 1 is 1.10 bits per heavy atom. The molecule has 1 heterocycles. The molecule has 1 saturated carbocycles. The Bertz CT molecular complexity index is 498. The van der Waals surface area contributed by atoms with Crippen LogP contribution in [0, 0.1) is 23.2 Å². The van der Waals surface area contributed by atoms with Crippen LogP contribution in [0.4, 0.5) is 0 Å². The molecule has 1 aliphatic heterocycles. The molecule has 0 spiro atoms. The van der Waals surface area contributed by atoms with Crippen LogP contribution in [0.15, 0.2) is 18.2 Å². The lowest BCUT2D eigenvalue weighted by atomic mass is 9.83. The summed E-state index contributed by atoms with van der Waals surface area (Å²) in [4.78, 5) is 0. The van der Waals surface area contributed by atoms with E-state index in [1.165, 1.54) is 44.1 Å². The highest BCUT2D eigenvalue weighted by molar-refractivity contribution is 5.44. The summed E-state index contributed by atoms with van der Waals surface area (Å²) < 4.78 is 10.7. The lowest BCUT2D eigenvalue weighted by Crippen LogP contribution is -2.15. The molecule has 1 aromatic carbocycles. The molecule has 1 aliphatic carbocycles. The molecule has 1 atom stereocenters. The van der Waals surface area contributed by atoms with Gasteiger partial charge in [-0.2, -0.15) is 5.26 Å². The number of rotatable bonds is 3. The number of hydrogen-bond acceptors (Lipinski definition) is 3. The van der Waals surface area contributed by atoms with Crippen molar-refractivity contribution >= 4 is 0 Å². The molecule has 3 nitrogen and oxygen atoms in total. The van der Waals surface area contributed by atoms with Crippen molar-refractivity contribution in [1.82, 2.24) is 0 Å². The van der Waals surface area contributed by atoms with Gasteiger partial charge in [-0.05, 0) is 42.9 Å². The summed E-state index contributed by atoms with van der Waals surface area (Å²) in [5.41, 5.74) is 1.19. The van der Waals surface area contributed by atoms with Crippen LogP contribution in [-0.2, 0) is 6.42 Å². The van der Waals surface area contributed by atoms with Crippen LogP contribution in [0.1, 0.15) is 44.1 Å². The van der Waals surface area contributed by atoms with E-state index in [0.29, 0.717) is 12.7 Å². The third kappa shape index (κ3) is 2.90. The molecule has 0 saturated heterocycles. The standard InChI is InChI=1S/C17H21NO2/c18-11-15(14-5-3-1-2-4-6-14)9-13-7-8-16-17(10-13)20-12-19-16/h7-8,10,14-15H,1-6,9,12H2. The molecule has 3 rings (SSSR count). The maximum Gasteiger partial charge on any atom is 0.231 e. The van der Waals surface area contributed by atoms with Gasteiger partial charge in [0.15, 0.2) is 11.5 Å². The molecular weight excluding hydrogens is 250 g/mol. The Balaban J connectivity index is 1.69. The average Bonchev–Trinajstić information content (AvgIpc) is 2.77. The minimum atomic E-state index is 0.133. The van der Waals surface area contributed by atoms with Crippen molar-refractivity contribution in [1.29, 1.82) is 5.26 Å². The van der Waals surface area contributed by atoms with Crippen LogP contribution in [-0.4, -0.2) is 6.79 Å². The molecule has 1 unspecified atom stereocenters. The fourth-order valence-electron chi connectivity index (χ4n) is 3.35. The summed E-state index contributed by atoms with van der Waals surface area (Å²) >= 11 is 0. The van der Waals surface area contributed by atoms with E-state index < -0.39 is 0 Å². The van der Waals surface area contributed by atoms with E-state index in [2.05, 4.69) is 12.1 Å². The summed E-state index contributed by atoms with van der Waals surface area (Å²) in [5.74, 6) is 2.33. The van der Waals surface area contributed by atoms with Crippen molar-refractivity contribution in [3.63, 3.8) is 0 Å². The Morgan fingerprint density at radius 2 is 1.85 bits per heavy atom. The number of nitrogens with zero attached hydrogens (tertiary/aromatic N) is 1. The molecule has 20 heavy (non-hydrogen) atoms. The molecule has 0 aromatic heterocycles. The molecule has 0 amide bonds. The van der Waals surface area contributed by atoms with E-state index in [1.54, 1.807) is 0 Å². The second-order valence-corrected chi connectivity index (χ2v) is 5.88. The fourth-order valence-corrected chi connectivity index (χ4v) is 3.35. The highest BCUT2D eigenvalue weighted by atomic mass is 16.7. The Kier molecular flexibility index (Phi) is 4.11. The zero-order chi connectivity index (χ0) is 13.8. The topological polar surface area (TPSA) is 42.2 Å². The zero-order valence-electron chi connectivity index (χ0n) is 11.8. The van der Waals surface area contributed by atoms with Crippen LogP contribution in [0.3, 0.4) is 0 Å². The second kappa shape index (κ2) is 6.17. The maximum absolute atomic E-state index is 9.52. The van der Waals surface area contributed by atoms with Crippen molar-refractivity contribution in [3.05, 3.63) is 23.8 Å². The van der Waals surface area contributed by atoms with E-state index >= 15 is 0 Å². The predicted octanol–water partition coefficient (Wildman–Crippen LogP) is 4.07. The summed E-state index contributed by atoms with van der Waals surface area (Å²) in [6, 6.07) is 8.60. The Labute approximate surface area is 120 Å². The van der Waals surface area contributed by atoms with Gasteiger partial charge >= 0.3 is 0 Å². The maximum atomic E-state index is 9.52. The van der Waals surface area contributed by atoms with Crippen molar-refractivity contribution in [2.45, 2.75) is 44.9 Å². The van der Waals surface area contributed by atoms with E-state index in [0.717, 1.165) is 17.9 Å². The molecule has 0 radical (unpaired) electrons. The molecule has 0 N–H and O–H groups in total. The summed E-state index contributed by atoms with van der Waals surface area (Å²) in [6.07, 6.45) is 8.48. The van der Waals surface area contributed by atoms with Gasteiger partial charge in [0.05, 0.1) is 12.0 Å². The van der Waals surface area contributed by atoms with E-state index in [9.17, 15) is 5.26 Å². The van der Waals surface area contributed by atoms with Crippen molar-refractivity contribution in [2.75, 3.05) is 6.79 Å². The van der Waals surface area contributed by atoms with Gasteiger partial charge in [-0.1, -0.05) is 31.7 Å². The Hall–Kier alpha value is -1.69. The highest BCUT2D eigenvalue weighted by Gasteiger charge is 2.23. The average molecular weight is 271 g/mol. The SMILES string of the molecule is N#CC(Cc1ccc2c(c1)OCO2)C1CCCCCC1. The predicted molar refractivity (Wildman–Crippen MR) is 76.6 cm³/mol. The van der Waals surface area contributed by atoms with Gasteiger partial charge in [0.1, 0.15) is 0 Å². The molecule has 1 aromatic rings. The summed E-state index contributed by atoms with van der Waals surface area (Å²) in [7, 11) is 0. The number of benzene rings is 1. The second-order valence-electron chi connectivity index (χ2n) is 5.88. The highest BCUT2D eigenvalue weighted by Crippen LogP contribution is 2.35. The summed E-state index contributed by atoms with van der Waals surface area (Å²) in [6.45, 7) is 0.309. The lowest BCUT2D eigenvalue weighted by Gasteiger charge is -2.20. The van der Waals surface area contributed by atoms with Crippen LogP contribution < -0.4 is 9.47 Å². The van der Waals surface area contributed by atoms with Gasteiger partial charge in [0.2, 0.25) is 6.79 Å². The largest absolute Gasteiger partial charge is 0.454 e. The van der Waals surface area contributed by atoms with Crippen molar-refractivity contribution < 1.29 is 9.47 Å². The normalized spacial score (nSPS) is 20.1. The molecule has 0 bridgehead atoms. The van der Waals surface area contributed by atoms with E-state index in [-0.39, 0.29) is 5.92 Å². The Morgan fingerprint density at radius 3 is 2.60 bits per heavy atom. The zero-order valence-corrected chi connectivity index (χ0v) is 11.8. The monoisotopic (exact) mass is 271 g/mol. The van der Waals surface area contributed by atoms with Crippen LogP contribution in [0.2, 0.25) is 0 Å². The van der Waals surface area contributed by atoms with Crippen LogP contribution in [0.5, 0.6) is 11.5 Å². The third-order valence-electron chi connectivity index (χ3n) is 4.53. The smallest absolute Gasteiger partial charge is 0.231 e.